The standard InChI is InChI=1S/C18H22N2O3S/c1-18(2)12-23-14(8-16(21)22)10-20(18)11-15-9-19-17(24-15)13-6-4-3-5-7-13/h3-7,9,14H,8,10-12H2,1-2H3,(H,21,22). The molecule has 6 heteroatoms. The highest BCUT2D eigenvalue weighted by Crippen LogP contribution is 2.30. The van der Waals surface area contributed by atoms with E-state index in [-0.39, 0.29) is 18.1 Å². The predicted molar refractivity (Wildman–Crippen MR) is 94.0 cm³/mol. The maximum atomic E-state index is 10.9. The summed E-state index contributed by atoms with van der Waals surface area (Å²) in [6, 6.07) is 10.1. The third-order valence-electron chi connectivity index (χ3n) is 4.28. The largest absolute Gasteiger partial charge is 0.481 e. The van der Waals surface area contributed by atoms with E-state index in [0.717, 1.165) is 17.1 Å². The summed E-state index contributed by atoms with van der Waals surface area (Å²) in [7, 11) is 0. The van der Waals surface area contributed by atoms with Crippen LogP contribution < -0.4 is 0 Å². The zero-order valence-corrected chi connectivity index (χ0v) is 14.8. The van der Waals surface area contributed by atoms with Gasteiger partial charge in [-0.05, 0) is 13.8 Å². The summed E-state index contributed by atoms with van der Waals surface area (Å²) in [5.74, 6) is -0.816. The van der Waals surface area contributed by atoms with E-state index in [1.54, 1.807) is 11.3 Å². The van der Waals surface area contributed by atoms with Gasteiger partial charge in [-0.3, -0.25) is 9.69 Å². The van der Waals surface area contributed by atoms with Gasteiger partial charge in [0.2, 0.25) is 0 Å². The maximum absolute atomic E-state index is 10.9. The zero-order chi connectivity index (χ0) is 17.2. The number of thiazole rings is 1. The Balaban J connectivity index is 1.71. The van der Waals surface area contributed by atoms with E-state index in [4.69, 9.17) is 9.84 Å². The molecule has 1 N–H and O–H groups in total. The highest BCUT2D eigenvalue weighted by Gasteiger charge is 2.36. The number of carboxylic acids is 1. The minimum Gasteiger partial charge on any atom is -0.481 e. The lowest BCUT2D eigenvalue weighted by molar-refractivity contribution is -0.147. The topological polar surface area (TPSA) is 62.7 Å². The zero-order valence-electron chi connectivity index (χ0n) is 13.9. The first kappa shape index (κ1) is 17.1. The van der Waals surface area contributed by atoms with Gasteiger partial charge in [0.05, 0.1) is 19.1 Å². The first-order valence-corrected chi connectivity index (χ1v) is 8.84. The lowest BCUT2D eigenvalue weighted by Gasteiger charge is -2.45. The Labute approximate surface area is 145 Å². The van der Waals surface area contributed by atoms with Crippen molar-refractivity contribution in [2.45, 2.75) is 38.5 Å². The first-order chi connectivity index (χ1) is 11.4. The molecule has 128 valence electrons. The molecule has 0 amide bonds. The normalized spacial score (nSPS) is 20.8. The van der Waals surface area contributed by atoms with Gasteiger partial charge in [0.25, 0.3) is 0 Å². The van der Waals surface area contributed by atoms with E-state index in [0.29, 0.717) is 13.2 Å². The maximum Gasteiger partial charge on any atom is 0.306 e. The van der Waals surface area contributed by atoms with Crippen LogP contribution in [0.4, 0.5) is 0 Å². The fourth-order valence-corrected chi connectivity index (χ4v) is 3.77. The third kappa shape index (κ3) is 4.01. The highest BCUT2D eigenvalue weighted by atomic mass is 32.1. The molecule has 1 aliphatic rings. The van der Waals surface area contributed by atoms with Gasteiger partial charge in [0.1, 0.15) is 5.01 Å². The lowest BCUT2D eigenvalue weighted by Crippen LogP contribution is -2.55. The minimum atomic E-state index is -0.816. The smallest absolute Gasteiger partial charge is 0.306 e. The molecule has 1 unspecified atom stereocenters. The van der Waals surface area contributed by atoms with Crippen LogP contribution in [0.2, 0.25) is 0 Å². The van der Waals surface area contributed by atoms with Crippen molar-refractivity contribution < 1.29 is 14.6 Å². The average molecular weight is 346 g/mol. The van der Waals surface area contributed by atoms with Crippen LogP contribution in [-0.2, 0) is 16.1 Å². The fourth-order valence-electron chi connectivity index (χ4n) is 2.84. The molecule has 0 bridgehead atoms. The molecule has 0 spiro atoms. The Morgan fingerprint density at radius 1 is 1.42 bits per heavy atom. The van der Waals surface area contributed by atoms with Crippen molar-refractivity contribution in [1.82, 2.24) is 9.88 Å². The second kappa shape index (κ2) is 7.01. The van der Waals surface area contributed by atoms with Crippen molar-refractivity contribution in [3.8, 4) is 10.6 Å². The molecular weight excluding hydrogens is 324 g/mol. The molecule has 1 fully saturated rings. The van der Waals surface area contributed by atoms with Crippen LogP contribution >= 0.6 is 11.3 Å². The number of benzene rings is 1. The summed E-state index contributed by atoms with van der Waals surface area (Å²) < 4.78 is 5.71. The molecule has 5 nitrogen and oxygen atoms in total. The van der Waals surface area contributed by atoms with Crippen LogP contribution in [0.5, 0.6) is 0 Å². The highest BCUT2D eigenvalue weighted by molar-refractivity contribution is 7.15. The van der Waals surface area contributed by atoms with Crippen molar-refractivity contribution >= 4 is 17.3 Å². The van der Waals surface area contributed by atoms with E-state index >= 15 is 0 Å². The number of morpholine rings is 1. The van der Waals surface area contributed by atoms with Crippen molar-refractivity contribution in [3.05, 3.63) is 41.4 Å². The minimum absolute atomic E-state index is 0.0462. The molecule has 0 aliphatic carbocycles. The van der Waals surface area contributed by atoms with Gasteiger partial charge in [-0.25, -0.2) is 4.98 Å². The number of hydrogen-bond acceptors (Lipinski definition) is 5. The van der Waals surface area contributed by atoms with Crippen LogP contribution in [0, 0.1) is 0 Å². The Bertz CT molecular complexity index is 699. The molecular formula is C18H22N2O3S. The van der Waals surface area contributed by atoms with Gasteiger partial charge in [-0.2, -0.15) is 0 Å². The van der Waals surface area contributed by atoms with Crippen LogP contribution in [-0.4, -0.2) is 45.8 Å². The molecule has 2 heterocycles. The van der Waals surface area contributed by atoms with Gasteiger partial charge in [-0.1, -0.05) is 30.3 Å². The van der Waals surface area contributed by atoms with E-state index in [1.165, 1.54) is 4.88 Å². The Morgan fingerprint density at radius 3 is 2.88 bits per heavy atom. The molecule has 3 rings (SSSR count). The molecule has 1 atom stereocenters. The number of hydrogen-bond donors (Lipinski definition) is 1. The Hall–Kier alpha value is -1.76. The Morgan fingerprint density at radius 2 is 2.17 bits per heavy atom. The molecule has 24 heavy (non-hydrogen) atoms. The Kier molecular flexibility index (Phi) is 4.99. The van der Waals surface area contributed by atoms with E-state index in [2.05, 4.69) is 35.9 Å². The second-order valence-electron chi connectivity index (χ2n) is 6.72. The van der Waals surface area contributed by atoms with Crippen LogP contribution in [0.15, 0.2) is 36.5 Å². The summed E-state index contributed by atoms with van der Waals surface area (Å²) in [6.45, 7) is 6.18. The molecule has 1 aromatic carbocycles. The molecule has 2 aromatic rings. The third-order valence-corrected chi connectivity index (χ3v) is 5.31. The number of aliphatic carboxylic acids is 1. The number of rotatable bonds is 5. The van der Waals surface area contributed by atoms with E-state index in [9.17, 15) is 4.79 Å². The van der Waals surface area contributed by atoms with Gasteiger partial charge in [-0.15, -0.1) is 11.3 Å². The van der Waals surface area contributed by atoms with Gasteiger partial charge in [0, 0.05) is 35.3 Å². The van der Waals surface area contributed by atoms with Crippen molar-refractivity contribution in [2.75, 3.05) is 13.2 Å². The summed E-state index contributed by atoms with van der Waals surface area (Å²) in [5.41, 5.74) is 1.00. The predicted octanol–water partition coefficient (Wildman–Crippen LogP) is 3.26. The number of carbonyl (C=O) groups is 1. The van der Waals surface area contributed by atoms with Crippen LogP contribution in [0.25, 0.3) is 10.6 Å². The fraction of sp³-hybridized carbons (Fsp3) is 0.444. The van der Waals surface area contributed by atoms with Crippen molar-refractivity contribution in [1.29, 1.82) is 0 Å². The number of aromatic nitrogens is 1. The molecule has 1 saturated heterocycles. The SMILES string of the molecule is CC1(C)COC(CC(=O)O)CN1Cc1cnc(-c2ccccc2)s1. The second-order valence-corrected chi connectivity index (χ2v) is 7.84. The van der Waals surface area contributed by atoms with Crippen molar-refractivity contribution in [3.63, 3.8) is 0 Å². The first-order valence-electron chi connectivity index (χ1n) is 8.02. The van der Waals surface area contributed by atoms with Crippen LogP contribution in [0.3, 0.4) is 0 Å². The molecule has 1 aliphatic heterocycles. The average Bonchev–Trinajstić information content (AvgIpc) is 3.00. The van der Waals surface area contributed by atoms with Gasteiger partial charge in [0.15, 0.2) is 0 Å². The number of ether oxygens (including phenoxy) is 1. The summed E-state index contributed by atoms with van der Waals surface area (Å²) >= 11 is 1.69. The monoisotopic (exact) mass is 346 g/mol. The quantitative estimate of drug-likeness (QED) is 0.900. The van der Waals surface area contributed by atoms with Gasteiger partial charge >= 0.3 is 5.97 Å². The number of nitrogens with zero attached hydrogens (tertiary/aromatic N) is 2. The van der Waals surface area contributed by atoms with Crippen molar-refractivity contribution in [2.24, 2.45) is 0 Å². The van der Waals surface area contributed by atoms with E-state index in [1.807, 2.05) is 24.4 Å². The van der Waals surface area contributed by atoms with E-state index < -0.39 is 5.97 Å². The van der Waals surface area contributed by atoms with Crippen LogP contribution in [0.1, 0.15) is 25.1 Å². The summed E-state index contributed by atoms with van der Waals surface area (Å²) in [4.78, 5) is 19.0. The van der Waals surface area contributed by atoms with Gasteiger partial charge < -0.3 is 9.84 Å². The summed E-state index contributed by atoms with van der Waals surface area (Å²) in [5, 5.41) is 10.0. The molecule has 0 radical (unpaired) electrons. The molecule has 1 aromatic heterocycles. The number of carboxylic acid groups (broad SMARTS) is 1. The lowest BCUT2D eigenvalue weighted by atomic mass is 10.00. The molecule has 0 saturated carbocycles. The summed E-state index contributed by atoms with van der Waals surface area (Å²) in [6.07, 6.45) is 1.71.